The Hall–Kier alpha value is -1.81. The Morgan fingerprint density at radius 1 is 1.11 bits per heavy atom. The van der Waals surface area contributed by atoms with E-state index in [-0.39, 0.29) is 5.82 Å². The highest BCUT2D eigenvalue weighted by atomic mass is 79.9. The van der Waals surface area contributed by atoms with E-state index < -0.39 is 0 Å². The minimum atomic E-state index is -0.166. The first-order valence-electron chi connectivity index (χ1n) is 8.91. The molecule has 0 bridgehead atoms. The molecule has 0 atom stereocenters. The lowest BCUT2D eigenvalue weighted by atomic mass is 10.2. The van der Waals surface area contributed by atoms with Crippen LogP contribution in [0.15, 0.2) is 53.0 Å². The maximum absolute atomic E-state index is 14.0. The SMILES string of the molecule is Fc1ccccc1N1CCN(Cn2nc(Nc3cccc(Br)c3)sc2=S)CC1. The molecule has 3 aromatic rings. The maximum atomic E-state index is 14.0. The zero-order valence-corrected chi connectivity index (χ0v) is 18.2. The van der Waals surface area contributed by atoms with Crippen LogP contribution in [0.2, 0.25) is 0 Å². The number of nitrogens with zero attached hydrogens (tertiary/aromatic N) is 4. The molecule has 9 heteroatoms. The van der Waals surface area contributed by atoms with Gasteiger partial charge in [-0.25, -0.2) is 9.07 Å². The number of benzene rings is 2. The first kappa shape index (κ1) is 19.5. The lowest BCUT2D eigenvalue weighted by Gasteiger charge is -2.35. The second-order valence-corrected chi connectivity index (χ2v) is 9.04. The molecule has 146 valence electrons. The van der Waals surface area contributed by atoms with Crippen LogP contribution < -0.4 is 10.2 Å². The summed E-state index contributed by atoms with van der Waals surface area (Å²) in [5, 5.41) is 8.68. The highest BCUT2D eigenvalue weighted by Crippen LogP contribution is 2.24. The van der Waals surface area contributed by atoms with E-state index >= 15 is 0 Å². The summed E-state index contributed by atoms with van der Waals surface area (Å²) >= 11 is 10.4. The molecule has 0 saturated carbocycles. The van der Waals surface area contributed by atoms with Gasteiger partial charge in [0.2, 0.25) is 5.13 Å². The Kier molecular flexibility index (Phi) is 6.05. The van der Waals surface area contributed by atoms with Crippen LogP contribution in [-0.4, -0.2) is 40.9 Å². The van der Waals surface area contributed by atoms with Crippen molar-refractivity contribution in [1.29, 1.82) is 0 Å². The van der Waals surface area contributed by atoms with Crippen LogP contribution in [-0.2, 0) is 6.67 Å². The number of nitrogens with one attached hydrogen (secondary N) is 1. The van der Waals surface area contributed by atoms with Crippen molar-refractivity contribution in [3.63, 3.8) is 0 Å². The predicted octanol–water partition coefficient (Wildman–Crippen LogP) is 5.10. The van der Waals surface area contributed by atoms with E-state index in [1.807, 2.05) is 41.1 Å². The third-order valence-corrected chi connectivity index (χ3v) is 6.30. The van der Waals surface area contributed by atoms with E-state index in [1.54, 1.807) is 6.07 Å². The van der Waals surface area contributed by atoms with Crippen LogP contribution in [0.5, 0.6) is 0 Å². The molecular weight excluding hydrogens is 461 g/mol. The van der Waals surface area contributed by atoms with Crippen LogP contribution in [0.3, 0.4) is 0 Å². The molecule has 1 aromatic heterocycles. The molecule has 1 saturated heterocycles. The Morgan fingerprint density at radius 3 is 2.64 bits per heavy atom. The molecule has 2 heterocycles. The first-order valence-corrected chi connectivity index (χ1v) is 10.9. The molecule has 0 radical (unpaired) electrons. The van der Waals surface area contributed by atoms with Gasteiger partial charge in [0.05, 0.1) is 12.4 Å². The monoisotopic (exact) mass is 479 g/mol. The summed E-state index contributed by atoms with van der Waals surface area (Å²) in [6.07, 6.45) is 0. The number of para-hydroxylation sites is 1. The van der Waals surface area contributed by atoms with Gasteiger partial charge < -0.3 is 10.2 Å². The molecule has 1 aliphatic heterocycles. The van der Waals surface area contributed by atoms with Gasteiger partial charge in [-0.15, -0.1) is 5.10 Å². The van der Waals surface area contributed by atoms with Gasteiger partial charge in [-0.2, -0.15) is 0 Å². The molecule has 0 amide bonds. The quantitative estimate of drug-likeness (QED) is 0.515. The van der Waals surface area contributed by atoms with Crippen molar-refractivity contribution in [3.05, 3.63) is 62.8 Å². The Balaban J connectivity index is 1.37. The maximum Gasteiger partial charge on any atom is 0.209 e. The smallest absolute Gasteiger partial charge is 0.209 e. The zero-order valence-electron chi connectivity index (χ0n) is 15.0. The largest absolute Gasteiger partial charge is 0.367 e. The van der Waals surface area contributed by atoms with Gasteiger partial charge >= 0.3 is 0 Å². The van der Waals surface area contributed by atoms with E-state index in [0.29, 0.717) is 12.4 Å². The van der Waals surface area contributed by atoms with E-state index in [4.69, 9.17) is 12.2 Å². The molecule has 1 N–H and O–H groups in total. The summed E-state index contributed by atoms with van der Waals surface area (Å²) in [6.45, 7) is 3.87. The van der Waals surface area contributed by atoms with E-state index in [9.17, 15) is 4.39 Å². The van der Waals surface area contributed by atoms with Crippen molar-refractivity contribution >= 4 is 56.0 Å². The van der Waals surface area contributed by atoms with Gasteiger partial charge in [0.25, 0.3) is 0 Å². The number of aromatic nitrogens is 2. The number of piperazine rings is 1. The first-order chi connectivity index (χ1) is 13.6. The van der Waals surface area contributed by atoms with Crippen molar-refractivity contribution in [2.24, 2.45) is 0 Å². The van der Waals surface area contributed by atoms with Crippen molar-refractivity contribution in [1.82, 2.24) is 14.7 Å². The molecular formula is C19H19BrFN5S2. The van der Waals surface area contributed by atoms with Crippen LogP contribution in [0, 0.1) is 9.77 Å². The third kappa shape index (κ3) is 4.60. The van der Waals surface area contributed by atoms with Gasteiger partial charge in [0, 0.05) is 36.3 Å². The highest BCUT2D eigenvalue weighted by Gasteiger charge is 2.20. The van der Waals surface area contributed by atoms with Crippen molar-refractivity contribution in [2.75, 3.05) is 36.4 Å². The lowest BCUT2D eigenvalue weighted by Crippen LogP contribution is -2.47. The fourth-order valence-corrected chi connectivity index (χ4v) is 4.58. The lowest BCUT2D eigenvalue weighted by molar-refractivity contribution is 0.195. The fraction of sp³-hybridized carbons (Fsp3) is 0.263. The Labute approximate surface area is 180 Å². The van der Waals surface area contributed by atoms with Crippen LogP contribution in [0.1, 0.15) is 0 Å². The normalized spacial score (nSPS) is 15.0. The zero-order chi connectivity index (χ0) is 19.5. The molecule has 2 aromatic carbocycles. The van der Waals surface area contributed by atoms with Gasteiger partial charge in [-0.05, 0) is 42.5 Å². The van der Waals surface area contributed by atoms with Gasteiger partial charge in [0.15, 0.2) is 3.95 Å². The average Bonchev–Trinajstić information content (AvgIpc) is 3.02. The second-order valence-electron chi connectivity index (χ2n) is 6.51. The standard InChI is InChI=1S/C19H19BrFN5S2/c20-14-4-3-5-15(12-14)22-18-23-26(19(27)28-18)13-24-8-10-25(11-9-24)17-7-2-1-6-16(17)21/h1-7,12H,8-11,13H2,(H,22,23). The molecule has 28 heavy (non-hydrogen) atoms. The molecule has 0 unspecified atom stereocenters. The van der Waals surface area contributed by atoms with E-state index in [1.165, 1.54) is 17.4 Å². The molecule has 0 aliphatic carbocycles. The third-order valence-electron chi connectivity index (χ3n) is 4.58. The van der Waals surface area contributed by atoms with Gasteiger partial charge in [0.1, 0.15) is 5.82 Å². The van der Waals surface area contributed by atoms with Crippen molar-refractivity contribution < 1.29 is 4.39 Å². The molecule has 1 aliphatic rings. The molecule has 4 rings (SSSR count). The number of hydrogen-bond acceptors (Lipinski definition) is 6. The molecule has 5 nitrogen and oxygen atoms in total. The number of anilines is 3. The Morgan fingerprint density at radius 2 is 1.89 bits per heavy atom. The minimum Gasteiger partial charge on any atom is -0.367 e. The number of hydrogen-bond donors (Lipinski definition) is 1. The Bertz CT molecular complexity index is 1010. The molecule has 1 fully saturated rings. The number of halogens is 2. The van der Waals surface area contributed by atoms with Crippen LogP contribution in [0.4, 0.5) is 20.9 Å². The molecule has 0 spiro atoms. The van der Waals surface area contributed by atoms with E-state index in [0.717, 1.165) is 45.4 Å². The van der Waals surface area contributed by atoms with Crippen LogP contribution >= 0.6 is 39.5 Å². The van der Waals surface area contributed by atoms with Gasteiger partial charge in [-0.1, -0.05) is 45.5 Å². The van der Waals surface area contributed by atoms with Gasteiger partial charge in [-0.3, -0.25) is 4.90 Å². The second kappa shape index (κ2) is 8.69. The summed E-state index contributed by atoms with van der Waals surface area (Å²) < 4.78 is 17.6. The summed E-state index contributed by atoms with van der Waals surface area (Å²) in [5.74, 6) is -0.166. The van der Waals surface area contributed by atoms with Crippen molar-refractivity contribution in [3.8, 4) is 0 Å². The predicted molar refractivity (Wildman–Crippen MR) is 119 cm³/mol. The number of rotatable bonds is 5. The summed E-state index contributed by atoms with van der Waals surface area (Å²) in [5.41, 5.74) is 1.64. The van der Waals surface area contributed by atoms with E-state index in [2.05, 4.69) is 36.1 Å². The summed E-state index contributed by atoms with van der Waals surface area (Å²) in [4.78, 5) is 4.38. The minimum absolute atomic E-state index is 0.166. The summed E-state index contributed by atoms with van der Waals surface area (Å²) in [6, 6.07) is 14.9. The average molecular weight is 480 g/mol. The summed E-state index contributed by atoms with van der Waals surface area (Å²) in [7, 11) is 0. The fourth-order valence-electron chi connectivity index (χ4n) is 3.16. The topological polar surface area (TPSA) is 36.3 Å². The van der Waals surface area contributed by atoms with Crippen molar-refractivity contribution in [2.45, 2.75) is 6.67 Å². The van der Waals surface area contributed by atoms with Crippen LogP contribution in [0.25, 0.3) is 0 Å². The highest BCUT2D eigenvalue weighted by molar-refractivity contribution is 9.10.